The quantitative estimate of drug-likeness (QED) is 0.721. The third kappa shape index (κ3) is 2.70. The first kappa shape index (κ1) is 14.2. The van der Waals surface area contributed by atoms with E-state index in [0.717, 1.165) is 25.9 Å². The van der Waals surface area contributed by atoms with E-state index < -0.39 is 5.97 Å². The third-order valence-electron chi connectivity index (χ3n) is 4.38. The Bertz CT molecular complexity index is 518. The lowest BCUT2D eigenvalue weighted by molar-refractivity contribution is 0.0603. The molecule has 1 aromatic rings. The summed E-state index contributed by atoms with van der Waals surface area (Å²) in [6, 6.07) is 0.583. The molecule has 0 bridgehead atoms. The predicted molar refractivity (Wildman–Crippen MR) is 80.4 cm³/mol. The van der Waals surface area contributed by atoms with Gasteiger partial charge in [0.1, 0.15) is 11.4 Å². The highest BCUT2D eigenvalue weighted by Gasteiger charge is 2.29. The largest absolute Gasteiger partial charge is 0.465 e. The Hall–Kier alpha value is -1.76. The van der Waals surface area contributed by atoms with Crippen molar-refractivity contribution in [3.8, 4) is 0 Å². The van der Waals surface area contributed by atoms with E-state index in [1.807, 2.05) is 4.68 Å². The van der Waals surface area contributed by atoms with E-state index in [0.29, 0.717) is 23.2 Å². The molecule has 1 aromatic heterocycles. The molecule has 1 aliphatic heterocycles. The molecule has 1 aliphatic carbocycles. The summed E-state index contributed by atoms with van der Waals surface area (Å²) in [6.45, 7) is 1.74. The first-order valence-corrected chi connectivity index (χ1v) is 7.64. The molecule has 0 amide bonds. The van der Waals surface area contributed by atoms with Crippen molar-refractivity contribution < 1.29 is 9.53 Å². The Morgan fingerprint density at radius 2 is 2.10 bits per heavy atom. The molecule has 0 atom stereocenters. The van der Waals surface area contributed by atoms with Gasteiger partial charge in [0, 0.05) is 13.1 Å². The molecule has 4 N–H and O–H groups in total. The molecule has 1 saturated carbocycles. The zero-order valence-electron chi connectivity index (χ0n) is 12.4. The maximum Gasteiger partial charge on any atom is 0.345 e. The minimum Gasteiger partial charge on any atom is -0.465 e. The predicted octanol–water partition coefficient (Wildman–Crippen LogP) is 1.14. The number of hydrogen-bond acceptors (Lipinski definition) is 6. The lowest BCUT2D eigenvalue weighted by Gasteiger charge is -2.28. The van der Waals surface area contributed by atoms with Gasteiger partial charge in [0.15, 0.2) is 5.82 Å². The van der Waals surface area contributed by atoms with Crippen LogP contribution >= 0.6 is 0 Å². The Balaban J connectivity index is 1.90. The van der Waals surface area contributed by atoms with Gasteiger partial charge in [-0.1, -0.05) is 19.3 Å². The van der Waals surface area contributed by atoms with Crippen molar-refractivity contribution in [1.29, 1.82) is 0 Å². The van der Waals surface area contributed by atoms with Crippen LogP contribution in [0.5, 0.6) is 0 Å². The normalized spacial score (nSPS) is 20.0. The minimum absolute atomic E-state index is 0.289. The molecule has 116 valence electrons. The molecule has 2 fully saturated rings. The number of rotatable bonds is 4. The molecular weight excluding hydrogens is 270 g/mol. The van der Waals surface area contributed by atoms with Crippen LogP contribution < -0.4 is 16.4 Å². The first-order valence-electron chi connectivity index (χ1n) is 7.64. The monoisotopic (exact) mass is 293 g/mol. The van der Waals surface area contributed by atoms with Crippen LogP contribution in [0.4, 0.5) is 11.6 Å². The summed E-state index contributed by atoms with van der Waals surface area (Å²) in [5.41, 5.74) is 6.56. The molecule has 0 spiro atoms. The van der Waals surface area contributed by atoms with Crippen LogP contribution in [0.1, 0.15) is 48.5 Å². The lowest BCUT2D eigenvalue weighted by atomic mass is 9.96. The second kappa shape index (κ2) is 5.93. The van der Waals surface area contributed by atoms with Crippen molar-refractivity contribution in [2.45, 2.75) is 44.2 Å². The molecule has 0 aromatic carbocycles. The number of aromatic nitrogens is 2. The van der Waals surface area contributed by atoms with Crippen LogP contribution in [0.15, 0.2) is 0 Å². The van der Waals surface area contributed by atoms with Crippen LogP contribution in [-0.2, 0) is 4.74 Å². The number of ether oxygens (including phenoxy) is 1. The SMILES string of the molecule is COC(=O)c1c(NC2CNC2)nn(C2CCCCC2)c1N. The number of methoxy groups -OCH3 is 1. The van der Waals surface area contributed by atoms with E-state index in [-0.39, 0.29) is 6.04 Å². The van der Waals surface area contributed by atoms with Crippen LogP contribution in [0.2, 0.25) is 0 Å². The second-order valence-electron chi connectivity index (χ2n) is 5.84. The van der Waals surface area contributed by atoms with E-state index >= 15 is 0 Å². The zero-order valence-corrected chi connectivity index (χ0v) is 12.4. The topological polar surface area (TPSA) is 94.2 Å². The highest BCUT2D eigenvalue weighted by atomic mass is 16.5. The molecule has 21 heavy (non-hydrogen) atoms. The second-order valence-corrected chi connectivity index (χ2v) is 5.84. The van der Waals surface area contributed by atoms with E-state index in [2.05, 4.69) is 15.7 Å². The summed E-state index contributed by atoms with van der Waals surface area (Å²) in [7, 11) is 1.37. The maximum absolute atomic E-state index is 12.0. The van der Waals surface area contributed by atoms with E-state index in [4.69, 9.17) is 10.5 Å². The van der Waals surface area contributed by atoms with Gasteiger partial charge in [-0.15, -0.1) is 0 Å². The lowest BCUT2D eigenvalue weighted by Crippen LogP contribution is -2.51. The summed E-state index contributed by atoms with van der Waals surface area (Å²) in [5.74, 6) is 0.546. The average molecular weight is 293 g/mol. The van der Waals surface area contributed by atoms with E-state index in [1.54, 1.807) is 0 Å². The van der Waals surface area contributed by atoms with Crippen LogP contribution in [0, 0.1) is 0 Å². The number of nitrogens with one attached hydrogen (secondary N) is 2. The van der Waals surface area contributed by atoms with Gasteiger partial charge < -0.3 is 21.1 Å². The zero-order chi connectivity index (χ0) is 14.8. The highest BCUT2D eigenvalue weighted by Crippen LogP contribution is 2.33. The molecule has 3 rings (SSSR count). The van der Waals surface area contributed by atoms with Gasteiger partial charge in [-0.2, -0.15) is 5.10 Å². The van der Waals surface area contributed by atoms with Gasteiger partial charge in [0.25, 0.3) is 0 Å². The first-order chi connectivity index (χ1) is 10.2. The number of carbonyl (C=O) groups is 1. The van der Waals surface area contributed by atoms with Gasteiger partial charge in [-0.25, -0.2) is 9.48 Å². The standard InChI is InChI=1S/C14H23N5O2/c1-21-14(20)11-12(15)19(10-5-3-2-4-6-10)18-13(11)17-9-7-16-8-9/h9-10,16H,2-8,15H2,1H3,(H,17,18). The fourth-order valence-electron chi connectivity index (χ4n) is 3.04. The van der Waals surface area contributed by atoms with Crippen LogP contribution in [0.3, 0.4) is 0 Å². The Morgan fingerprint density at radius 1 is 1.38 bits per heavy atom. The van der Waals surface area contributed by atoms with Gasteiger partial charge in [-0.3, -0.25) is 0 Å². The Kier molecular flexibility index (Phi) is 4.01. The minimum atomic E-state index is -0.427. The van der Waals surface area contributed by atoms with Gasteiger partial charge in [-0.05, 0) is 12.8 Å². The highest BCUT2D eigenvalue weighted by molar-refractivity contribution is 5.99. The van der Waals surface area contributed by atoms with Gasteiger partial charge in [0.2, 0.25) is 0 Å². The average Bonchev–Trinajstić information content (AvgIpc) is 2.80. The smallest absolute Gasteiger partial charge is 0.345 e. The fourth-order valence-corrected chi connectivity index (χ4v) is 3.04. The molecule has 7 heteroatoms. The molecule has 0 radical (unpaired) electrons. The number of hydrogen-bond donors (Lipinski definition) is 3. The fraction of sp³-hybridized carbons (Fsp3) is 0.714. The van der Waals surface area contributed by atoms with Crippen molar-refractivity contribution in [2.75, 3.05) is 31.2 Å². The number of esters is 1. The third-order valence-corrected chi connectivity index (χ3v) is 4.38. The molecule has 0 unspecified atom stereocenters. The van der Waals surface area contributed by atoms with Gasteiger partial charge in [0.05, 0.1) is 19.2 Å². The van der Waals surface area contributed by atoms with Crippen LogP contribution in [0.25, 0.3) is 0 Å². The van der Waals surface area contributed by atoms with Crippen molar-refractivity contribution in [1.82, 2.24) is 15.1 Å². The van der Waals surface area contributed by atoms with E-state index in [9.17, 15) is 4.79 Å². The number of nitrogen functional groups attached to an aromatic ring is 1. The number of anilines is 2. The van der Waals surface area contributed by atoms with Crippen molar-refractivity contribution in [3.05, 3.63) is 5.56 Å². The number of nitrogens with two attached hydrogens (primary N) is 1. The molecule has 2 heterocycles. The maximum atomic E-state index is 12.0. The molecule has 7 nitrogen and oxygen atoms in total. The Labute approximate surface area is 124 Å². The van der Waals surface area contributed by atoms with E-state index in [1.165, 1.54) is 26.4 Å². The number of carbonyl (C=O) groups excluding carboxylic acids is 1. The van der Waals surface area contributed by atoms with Crippen molar-refractivity contribution >= 4 is 17.6 Å². The molecule has 2 aliphatic rings. The summed E-state index contributed by atoms with van der Waals surface area (Å²) in [5, 5.41) is 11.0. The van der Waals surface area contributed by atoms with Gasteiger partial charge >= 0.3 is 5.97 Å². The summed E-state index contributed by atoms with van der Waals surface area (Å²) >= 11 is 0. The molecule has 1 saturated heterocycles. The van der Waals surface area contributed by atoms with Crippen molar-refractivity contribution in [3.63, 3.8) is 0 Å². The summed E-state index contributed by atoms with van der Waals surface area (Å²) < 4.78 is 6.68. The molecular formula is C14H23N5O2. The Morgan fingerprint density at radius 3 is 2.67 bits per heavy atom. The summed E-state index contributed by atoms with van der Waals surface area (Å²) in [6.07, 6.45) is 5.77. The summed E-state index contributed by atoms with van der Waals surface area (Å²) in [4.78, 5) is 12.0. The number of nitrogens with zero attached hydrogens (tertiary/aromatic N) is 2. The van der Waals surface area contributed by atoms with Crippen LogP contribution in [-0.4, -0.2) is 42.0 Å². The van der Waals surface area contributed by atoms with Crippen molar-refractivity contribution in [2.24, 2.45) is 0 Å².